The van der Waals surface area contributed by atoms with Crippen molar-refractivity contribution >= 4 is 34.5 Å². The van der Waals surface area contributed by atoms with Gasteiger partial charge in [-0.25, -0.2) is 9.99 Å². The van der Waals surface area contributed by atoms with E-state index in [4.69, 9.17) is 32.3 Å². The second-order valence-electron chi connectivity index (χ2n) is 11.3. The second-order valence-corrected chi connectivity index (χ2v) is 11.7. The summed E-state index contributed by atoms with van der Waals surface area (Å²) in [6, 6.07) is 9.47. The third-order valence-electron chi connectivity index (χ3n) is 8.56. The van der Waals surface area contributed by atoms with Crippen LogP contribution in [0.1, 0.15) is 75.8 Å². The van der Waals surface area contributed by atoms with Crippen LogP contribution in [-0.2, 0) is 6.42 Å². The monoisotopic (exact) mass is 522 g/mol. The molecule has 0 unspecified atom stereocenters. The predicted molar refractivity (Wildman–Crippen MR) is 150 cm³/mol. The molecule has 0 spiro atoms. The van der Waals surface area contributed by atoms with Crippen LogP contribution in [0.4, 0.5) is 11.8 Å². The first-order valence-corrected chi connectivity index (χ1v) is 14.5. The Kier molecular flexibility index (Phi) is 7.49. The van der Waals surface area contributed by atoms with Gasteiger partial charge in [0.1, 0.15) is 0 Å². The molecule has 3 aliphatic rings. The van der Waals surface area contributed by atoms with Crippen LogP contribution in [0.3, 0.4) is 0 Å². The Morgan fingerprint density at radius 1 is 0.919 bits per heavy atom. The SMILES string of the molecule is NC1CCC(Nc2nc(NN3CCC(Cc4ccc(Cl)cc4)CC3)c3ncn(C4CCCC4)c3n2)CC1. The normalized spacial score (nSPS) is 24.1. The molecule has 0 atom stereocenters. The third-order valence-corrected chi connectivity index (χ3v) is 8.81. The summed E-state index contributed by atoms with van der Waals surface area (Å²) in [6.07, 6.45) is 14.6. The Hall–Kier alpha value is -2.42. The number of hydrogen-bond acceptors (Lipinski definition) is 7. The topological polar surface area (TPSA) is 96.9 Å². The molecular formula is C28H39ClN8. The van der Waals surface area contributed by atoms with E-state index in [1.54, 1.807) is 0 Å². The number of fused-ring (bicyclic) bond motifs is 1. The lowest BCUT2D eigenvalue weighted by Gasteiger charge is -2.32. The van der Waals surface area contributed by atoms with Crippen LogP contribution in [0, 0.1) is 5.92 Å². The van der Waals surface area contributed by atoms with Gasteiger partial charge in [-0.1, -0.05) is 36.6 Å². The van der Waals surface area contributed by atoms with Crippen LogP contribution in [0.2, 0.25) is 5.02 Å². The molecule has 8 nitrogen and oxygen atoms in total. The van der Waals surface area contributed by atoms with Crippen molar-refractivity contribution in [2.45, 2.75) is 88.8 Å². The van der Waals surface area contributed by atoms with Gasteiger partial charge in [0.25, 0.3) is 0 Å². The number of hydrogen-bond donors (Lipinski definition) is 3. The Labute approximate surface area is 224 Å². The van der Waals surface area contributed by atoms with Crippen molar-refractivity contribution in [3.05, 3.63) is 41.2 Å². The van der Waals surface area contributed by atoms with Crippen molar-refractivity contribution in [2.24, 2.45) is 11.7 Å². The number of rotatable bonds is 7. The predicted octanol–water partition coefficient (Wildman–Crippen LogP) is 5.56. The number of nitrogens with two attached hydrogens (primary N) is 1. The fourth-order valence-corrected chi connectivity index (χ4v) is 6.43. The van der Waals surface area contributed by atoms with E-state index in [1.165, 1.54) is 31.2 Å². The Morgan fingerprint density at radius 2 is 1.65 bits per heavy atom. The van der Waals surface area contributed by atoms with E-state index < -0.39 is 0 Å². The highest BCUT2D eigenvalue weighted by atomic mass is 35.5. The van der Waals surface area contributed by atoms with Gasteiger partial charge in [-0.05, 0) is 81.4 Å². The summed E-state index contributed by atoms with van der Waals surface area (Å²) in [5.74, 6) is 2.20. The maximum atomic E-state index is 6.14. The number of aromatic nitrogens is 4. The lowest BCUT2D eigenvalue weighted by molar-refractivity contribution is 0.216. The molecule has 4 N–H and O–H groups in total. The third kappa shape index (κ3) is 5.86. The highest BCUT2D eigenvalue weighted by Gasteiger charge is 2.26. The second kappa shape index (κ2) is 11.1. The van der Waals surface area contributed by atoms with Gasteiger partial charge in [-0.2, -0.15) is 9.97 Å². The van der Waals surface area contributed by atoms with Gasteiger partial charge in [0, 0.05) is 36.2 Å². The first-order valence-electron chi connectivity index (χ1n) is 14.1. The Balaban J connectivity index is 1.17. The largest absolute Gasteiger partial charge is 0.351 e. The number of piperidine rings is 1. The van der Waals surface area contributed by atoms with Crippen LogP contribution >= 0.6 is 11.6 Å². The summed E-state index contributed by atoms with van der Waals surface area (Å²) in [6.45, 7) is 1.97. The first-order chi connectivity index (χ1) is 18.1. The van der Waals surface area contributed by atoms with Crippen LogP contribution < -0.4 is 16.5 Å². The van der Waals surface area contributed by atoms with Crippen molar-refractivity contribution in [1.29, 1.82) is 0 Å². The van der Waals surface area contributed by atoms with Gasteiger partial charge >= 0.3 is 0 Å². The average molecular weight is 523 g/mol. The summed E-state index contributed by atoms with van der Waals surface area (Å²) >= 11 is 6.06. The first kappa shape index (κ1) is 24.9. The number of imidazole rings is 1. The number of nitrogens with one attached hydrogen (secondary N) is 2. The molecule has 9 heteroatoms. The highest BCUT2D eigenvalue weighted by molar-refractivity contribution is 6.30. The van der Waals surface area contributed by atoms with Gasteiger partial charge in [0.15, 0.2) is 17.0 Å². The molecule has 2 aliphatic carbocycles. The van der Waals surface area contributed by atoms with Crippen LogP contribution in [0.15, 0.2) is 30.6 Å². The van der Waals surface area contributed by atoms with E-state index in [0.29, 0.717) is 30.0 Å². The number of halogens is 1. The van der Waals surface area contributed by atoms with Crippen LogP contribution in [0.5, 0.6) is 0 Å². The maximum absolute atomic E-state index is 6.14. The standard InChI is InChI=1S/C28H39ClN8/c29-21-7-5-19(6-8-21)17-20-13-15-36(16-14-20)35-26-25-27(37(18-31-25)24-3-1-2-4-24)34-28(33-26)32-23-11-9-22(30)10-12-23/h5-8,18,20,22-24H,1-4,9-17,30H2,(H2,32,33,34,35). The van der Waals surface area contributed by atoms with E-state index in [0.717, 1.165) is 80.0 Å². The van der Waals surface area contributed by atoms with Crippen LogP contribution in [-0.4, -0.2) is 49.7 Å². The zero-order valence-electron chi connectivity index (χ0n) is 21.6. The minimum Gasteiger partial charge on any atom is -0.351 e. The molecule has 2 saturated carbocycles. The van der Waals surface area contributed by atoms with Crippen molar-refractivity contribution in [1.82, 2.24) is 24.5 Å². The van der Waals surface area contributed by atoms with E-state index in [9.17, 15) is 0 Å². The molecule has 0 amide bonds. The van der Waals surface area contributed by atoms with Crippen LogP contribution in [0.25, 0.3) is 11.2 Å². The minimum absolute atomic E-state index is 0.324. The molecule has 3 fully saturated rings. The summed E-state index contributed by atoms with van der Waals surface area (Å²) in [7, 11) is 0. The number of nitrogens with zero attached hydrogens (tertiary/aromatic N) is 5. The number of hydrazine groups is 1. The number of anilines is 2. The number of benzene rings is 1. The van der Waals surface area contributed by atoms with Gasteiger partial charge < -0.3 is 21.0 Å². The van der Waals surface area contributed by atoms with Gasteiger partial charge in [-0.3, -0.25) is 0 Å². The molecule has 1 aromatic carbocycles. The molecule has 6 rings (SSSR count). The fourth-order valence-electron chi connectivity index (χ4n) is 6.31. The average Bonchev–Trinajstić information content (AvgIpc) is 3.58. The summed E-state index contributed by atoms with van der Waals surface area (Å²) < 4.78 is 2.29. The lowest BCUT2D eigenvalue weighted by Crippen LogP contribution is -2.39. The zero-order valence-corrected chi connectivity index (χ0v) is 22.3. The molecule has 0 bridgehead atoms. The maximum Gasteiger partial charge on any atom is 0.227 e. The van der Waals surface area contributed by atoms with E-state index in [1.807, 2.05) is 18.5 Å². The molecule has 1 saturated heterocycles. The molecule has 2 aromatic heterocycles. The molecule has 3 aromatic rings. The van der Waals surface area contributed by atoms with Crippen molar-refractivity contribution in [3.8, 4) is 0 Å². The smallest absolute Gasteiger partial charge is 0.227 e. The van der Waals surface area contributed by atoms with Crippen molar-refractivity contribution in [2.75, 3.05) is 23.8 Å². The summed E-state index contributed by atoms with van der Waals surface area (Å²) in [4.78, 5) is 14.7. The van der Waals surface area contributed by atoms with E-state index >= 15 is 0 Å². The highest BCUT2D eigenvalue weighted by Crippen LogP contribution is 2.34. The molecule has 198 valence electrons. The van der Waals surface area contributed by atoms with Crippen molar-refractivity contribution in [3.63, 3.8) is 0 Å². The van der Waals surface area contributed by atoms with Gasteiger partial charge in [0.2, 0.25) is 5.95 Å². The van der Waals surface area contributed by atoms with E-state index in [2.05, 4.69) is 32.5 Å². The van der Waals surface area contributed by atoms with E-state index in [-0.39, 0.29) is 0 Å². The Morgan fingerprint density at radius 3 is 2.38 bits per heavy atom. The summed E-state index contributed by atoms with van der Waals surface area (Å²) in [5.41, 5.74) is 12.9. The van der Waals surface area contributed by atoms with Crippen molar-refractivity contribution < 1.29 is 0 Å². The lowest BCUT2D eigenvalue weighted by atomic mass is 9.91. The zero-order chi connectivity index (χ0) is 25.2. The molecule has 1 aliphatic heterocycles. The fraction of sp³-hybridized carbons (Fsp3) is 0.607. The Bertz CT molecular complexity index is 1170. The quantitative estimate of drug-likeness (QED) is 0.374. The molecule has 3 heterocycles. The van der Waals surface area contributed by atoms with Gasteiger partial charge in [-0.15, -0.1) is 0 Å². The molecular weight excluding hydrogens is 484 g/mol. The van der Waals surface area contributed by atoms with Gasteiger partial charge in [0.05, 0.1) is 6.33 Å². The minimum atomic E-state index is 0.324. The summed E-state index contributed by atoms with van der Waals surface area (Å²) in [5, 5.41) is 6.74. The molecule has 0 radical (unpaired) electrons. The molecule has 37 heavy (non-hydrogen) atoms.